The topological polar surface area (TPSA) is 29.1 Å². The number of halogens is 1. The van der Waals surface area contributed by atoms with E-state index in [2.05, 4.69) is 5.32 Å². The first-order chi connectivity index (χ1) is 8.50. The number of amides is 1. The molecule has 18 heavy (non-hydrogen) atoms. The molecule has 3 heteroatoms. The van der Waals surface area contributed by atoms with E-state index in [1.54, 1.807) is 18.2 Å². The van der Waals surface area contributed by atoms with Crippen molar-refractivity contribution in [2.75, 3.05) is 0 Å². The van der Waals surface area contributed by atoms with Crippen molar-refractivity contribution in [3.63, 3.8) is 0 Å². The van der Waals surface area contributed by atoms with E-state index in [0.29, 0.717) is 5.56 Å². The summed E-state index contributed by atoms with van der Waals surface area (Å²) in [6.07, 6.45) is 4.16. The predicted molar refractivity (Wildman–Crippen MR) is 69.5 cm³/mol. The molecule has 0 unspecified atom stereocenters. The van der Waals surface area contributed by atoms with Crippen LogP contribution in [0.4, 0.5) is 4.39 Å². The molecular formula is C15H20FNO. The van der Waals surface area contributed by atoms with Gasteiger partial charge >= 0.3 is 0 Å². The van der Waals surface area contributed by atoms with Gasteiger partial charge in [0.15, 0.2) is 0 Å². The van der Waals surface area contributed by atoms with Crippen molar-refractivity contribution in [3.8, 4) is 0 Å². The Morgan fingerprint density at radius 2 is 1.89 bits per heavy atom. The molecule has 0 atom stereocenters. The molecule has 1 amide bonds. The van der Waals surface area contributed by atoms with E-state index in [-0.39, 0.29) is 17.6 Å². The van der Waals surface area contributed by atoms with Crippen LogP contribution < -0.4 is 5.32 Å². The standard InChI is InChI=1S/C15H20FNO/c1-15(2,12-9-5-6-10-13(12)16)17-14(18)11-7-3-4-8-11/h5-6,9-11H,3-4,7-8H2,1-2H3,(H,17,18). The fourth-order valence-electron chi connectivity index (χ4n) is 2.63. The van der Waals surface area contributed by atoms with Crippen LogP contribution in [0.5, 0.6) is 0 Å². The molecule has 1 fully saturated rings. The van der Waals surface area contributed by atoms with Crippen LogP contribution in [-0.4, -0.2) is 5.91 Å². The molecule has 1 aromatic rings. The molecule has 1 aromatic carbocycles. The normalized spacial score (nSPS) is 16.8. The fourth-order valence-corrected chi connectivity index (χ4v) is 2.63. The van der Waals surface area contributed by atoms with E-state index in [1.165, 1.54) is 6.07 Å². The zero-order valence-corrected chi connectivity index (χ0v) is 11.0. The van der Waals surface area contributed by atoms with Crippen LogP contribution in [-0.2, 0) is 10.3 Å². The highest BCUT2D eigenvalue weighted by Crippen LogP contribution is 2.28. The van der Waals surface area contributed by atoms with Crippen molar-refractivity contribution in [3.05, 3.63) is 35.6 Å². The number of carbonyl (C=O) groups excluding carboxylic acids is 1. The van der Waals surface area contributed by atoms with E-state index < -0.39 is 5.54 Å². The summed E-state index contributed by atoms with van der Waals surface area (Å²) in [4.78, 5) is 12.1. The van der Waals surface area contributed by atoms with Gasteiger partial charge in [-0.3, -0.25) is 4.79 Å². The summed E-state index contributed by atoms with van der Waals surface area (Å²) in [5, 5.41) is 2.98. The lowest BCUT2D eigenvalue weighted by Gasteiger charge is -2.28. The van der Waals surface area contributed by atoms with Crippen molar-refractivity contribution in [2.24, 2.45) is 5.92 Å². The molecule has 0 bridgehead atoms. The summed E-state index contributed by atoms with van der Waals surface area (Å²) in [6, 6.07) is 6.61. The van der Waals surface area contributed by atoms with E-state index in [4.69, 9.17) is 0 Å². The lowest BCUT2D eigenvalue weighted by molar-refractivity contribution is -0.126. The molecule has 0 spiro atoms. The second kappa shape index (κ2) is 5.09. The molecule has 0 saturated heterocycles. The zero-order valence-electron chi connectivity index (χ0n) is 11.0. The predicted octanol–water partition coefficient (Wildman–Crippen LogP) is 3.37. The Bertz CT molecular complexity index is 436. The average Bonchev–Trinajstić information content (AvgIpc) is 2.82. The first-order valence-corrected chi connectivity index (χ1v) is 6.58. The molecule has 2 rings (SSSR count). The monoisotopic (exact) mass is 249 g/mol. The second-order valence-electron chi connectivity index (χ2n) is 5.58. The molecule has 0 aliphatic heterocycles. The van der Waals surface area contributed by atoms with Gasteiger partial charge in [-0.25, -0.2) is 4.39 Å². The van der Waals surface area contributed by atoms with Gasteiger partial charge in [0.25, 0.3) is 0 Å². The van der Waals surface area contributed by atoms with E-state index >= 15 is 0 Å². The smallest absolute Gasteiger partial charge is 0.223 e. The van der Waals surface area contributed by atoms with Gasteiger partial charge in [0.05, 0.1) is 5.54 Å². The third-order valence-corrected chi connectivity index (χ3v) is 3.71. The van der Waals surface area contributed by atoms with Gasteiger partial charge < -0.3 is 5.32 Å². The fraction of sp³-hybridized carbons (Fsp3) is 0.533. The van der Waals surface area contributed by atoms with E-state index in [1.807, 2.05) is 13.8 Å². The van der Waals surface area contributed by atoms with Crippen molar-refractivity contribution in [2.45, 2.75) is 45.1 Å². The van der Waals surface area contributed by atoms with Crippen LogP contribution in [0.1, 0.15) is 45.1 Å². The van der Waals surface area contributed by atoms with E-state index in [0.717, 1.165) is 25.7 Å². The van der Waals surface area contributed by atoms with Gasteiger partial charge in [-0.05, 0) is 32.8 Å². The Hall–Kier alpha value is -1.38. The summed E-state index contributed by atoms with van der Waals surface area (Å²) >= 11 is 0. The minimum Gasteiger partial charge on any atom is -0.347 e. The Labute approximate surface area is 108 Å². The summed E-state index contributed by atoms with van der Waals surface area (Å²) in [7, 11) is 0. The largest absolute Gasteiger partial charge is 0.347 e. The maximum atomic E-state index is 13.8. The zero-order chi connectivity index (χ0) is 13.2. The summed E-state index contributed by atoms with van der Waals surface area (Å²) in [6.45, 7) is 3.69. The quantitative estimate of drug-likeness (QED) is 0.874. The second-order valence-corrected chi connectivity index (χ2v) is 5.58. The first-order valence-electron chi connectivity index (χ1n) is 6.58. The van der Waals surface area contributed by atoms with Gasteiger partial charge in [-0.2, -0.15) is 0 Å². The minimum absolute atomic E-state index is 0.0563. The minimum atomic E-state index is -0.662. The highest BCUT2D eigenvalue weighted by atomic mass is 19.1. The molecule has 0 aromatic heterocycles. The molecule has 1 N–H and O–H groups in total. The molecule has 2 nitrogen and oxygen atoms in total. The Morgan fingerprint density at radius 3 is 2.50 bits per heavy atom. The third-order valence-electron chi connectivity index (χ3n) is 3.71. The highest BCUT2D eigenvalue weighted by Gasteiger charge is 2.30. The molecule has 1 saturated carbocycles. The van der Waals surface area contributed by atoms with Crippen LogP contribution in [0.3, 0.4) is 0 Å². The van der Waals surface area contributed by atoms with Gasteiger partial charge in [0.1, 0.15) is 5.82 Å². The van der Waals surface area contributed by atoms with Crippen molar-refractivity contribution in [1.29, 1.82) is 0 Å². The van der Waals surface area contributed by atoms with Gasteiger partial charge in [0, 0.05) is 11.5 Å². The Balaban J connectivity index is 2.11. The molecule has 1 aliphatic rings. The summed E-state index contributed by atoms with van der Waals surface area (Å²) in [5.74, 6) is -0.106. The SMILES string of the molecule is CC(C)(NC(=O)C1CCCC1)c1ccccc1F. The third kappa shape index (κ3) is 2.71. The van der Waals surface area contributed by atoms with Crippen LogP contribution >= 0.6 is 0 Å². The first kappa shape index (κ1) is 13.1. The summed E-state index contributed by atoms with van der Waals surface area (Å²) < 4.78 is 13.8. The van der Waals surface area contributed by atoms with Gasteiger partial charge in [-0.1, -0.05) is 31.0 Å². The number of hydrogen-bond acceptors (Lipinski definition) is 1. The van der Waals surface area contributed by atoms with Crippen molar-refractivity contribution >= 4 is 5.91 Å². The number of carbonyl (C=O) groups is 1. The Kier molecular flexibility index (Phi) is 3.69. The van der Waals surface area contributed by atoms with Crippen molar-refractivity contribution in [1.82, 2.24) is 5.32 Å². The average molecular weight is 249 g/mol. The number of hydrogen-bond donors (Lipinski definition) is 1. The lowest BCUT2D eigenvalue weighted by Crippen LogP contribution is -2.44. The highest BCUT2D eigenvalue weighted by molar-refractivity contribution is 5.79. The van der Waals surface area contributed by atoms with Crippen LogP contribution in [0, 0.1) is 11.7 Å². The number of rotatable bonds is 3. The molecular weight excluding hydrogens is 229 g/mol. The van der Waals surface area contributed by atoms with Gasteiger partial charge in [0.2, 0.25) is 5.91 Å². The van der Waals surface area contributed by atoms with Gasteiger partial charge in [-0.15, -0.1) is 0 Å². The van der Waals surface area contributed by atoms with Crippen molar-refractivity contribution < 1.29 is 9.18 Å². The Morgan fingerprint density at radius 1 is 1.28 bits per heavy atom. The maximum Gasteiger partial charge on any atom is 0.223 e. The van der Waals surface area contributed by atoms with Crippen LogP contribution in [0.15, 0.2) is 24.3 Å². The van der Waals surface area contributed by atoms with Crippen LogP contribution in [0.2, 0.25) is 0 Å². The molecule has 98 valence electrons. The number of benzene rings is 1. The maximum absolute atomic E-state index is 13.8. The molecule has 0 heterocycles. The van der Waals surface area contributed by atoms with Crippen LogP contribution in [0.25, 0.3) is 0 Å². The number of nitrogens with one attached hydrogen (secondary N) is 1. The lowest BCUT2D eigenvalue weighted by atomic mass is 9.92. The summed E-state index contributed by atoms with van der Waals surface area (Å²) in [5.41, 5.74) is -0.123. The molecule has 0 radical (unpaired) electrons. The van der Waals surface area contributed by atoms with E-state index in [9.17, 15) is 9.18 Å². The molecule has 1 aliphatic carbocycles.